The molecule has 0 spiro atoms. The molecule has 1 aliphatic carbocycles. The van der Waals surface area contributed by atoms with Crippen LogP contribution in [0.1, 0.15) is 33.5 Å². The van der Waals surface area contributed by atoms with Crippen molar-refractivity contribution in [3.63, 3.8) is 0 Å². The number of ether oxygens (including phenoxy) is 1. The standard InChI is InChI=1S/C17H15ClO3/c18-14-6-7-15(17(19)20)16(9-14)21-10-11-4-5-12-2-1-3-13(12)8-11/h4-9H,1-3,10H2,(H,19,20). The van der Waals surface area contributed by atoms with Crippen molar-refractivity contribution in [3.8, 4) is 5.75 Å². The highest BCUT2D eigenvalue weighted by molar-refractivity contribution is 6.30. The predicted octanol–water partition coefficient (Wildman–Crippen LogP) is 4.11. The first-order chi connectivity index (χ1) is 10.1. The van der Waals surface area contributed by atoms with E-state index in [0.717, 1.165) is 18.4 Å². The molecule has 0 saturated carbocycles. The molecular weight excluding hydrogens is 288 g/mol. The molecule has 3 rings (SSSR count). The summed E-state index contributed by atoms with van der Waals surface area (Å²) in [5.74, 6) is -0.717. The Kier molecular flexibility index (Phi) is 3.84. The van der Waals surface area contributed by atoms with Crippen LogP contribution < -0.4 is 4.74 Å². The van der Waals surface area contributed by atoms with Crippen molar-refractivity contribution >= 4 is 17.6 Å². The fourth-order valence-electron chi connectivity index (χ4n) is 2.67. The molecule has 0 aliphatic heterocycles. The first-order valence-electron chi connectivity index (χ1n) is 6.90. The van der Waals surface area contributed by atoms with Crippen molar-refractivity contribution in [1.29, 1.82) is 0 Å². The van der Waals surface area contributed by atoms with Gasteiger partial charge in [-0.15, -0.1) is 0 Å². The number of hydrogen-bond donors (Lipinski definition) is 1. The zero-order valence-electron chi connectivity index (χ0n) is 11.4. The lowest BCUT2D eigenvalue weighted by atomic mass is 10.1. The van der Waals surface area contributed by atoms with Crippen LogP contribution in [-0.4, -0.2) is 11.1 Å². The van der Waals surface area contributed by atoms with Crippen LogP contribution in [0.3, 0.4) is 0 Å². The Hall–Kier alpha value is -2.00. The molecule has 0 amide bonds. The molecule has 0 fully saturated rings. The molecule has 1 aliphatic rings. The third kappa shape index (κ3) is 3.03. The fraction of sp³-hybridized carbons (Fsp3) is 0.235. The predicted molar refractivity (Wildman–Crippen MR) is 81.2 cm³/mol. The van der Waals surface area contributed by atoms with Gasteiger partial charge < -0.3 is 9.84 Å². The molecule has 2 aromatic carbocycles. The van der Waals surface area contributed by atoms with Gasteiger partial charge in [-0.1, -0.05) is 29.8 Å². The smallest absolute Gasteiger partial charge is 0.339 e. The Morgan fingerprint density at radius 1 is 1.14 bits per heavy atom. The van der Waals surface area contributed by atoms with Crippen LogP contribution in [0.15, 0.2) is 36.4 Å². The topological polar surface area (TPSA) is 46.5 Å². The van der Waals surface area contributed by atoms with Crippen molar-refractivity contribution in [2.75, 3.05) is 0 Å². The van der Waals surface area contributed by atoms with Gasteiger partial charge in [0.25, 0.3) is 0 Å². The molecule has 21 heavy (non-hydrogen) atoms. The molecule has 0 unspecified atom stereocenters. The SMILES string of the molecule is O=C(O)c1ccc(Cl)cc1OCc1ccc2c(c1)CCC2. The molecular formula is C17H15ClO3. The summed E-state index contributed by atoms with van der Waals surface area (Å²) < 4.78 is 5.66. The number of halogens is 1. The second-order valence-corrected chi connectivity index (χ2v) is 5.63. The molecule has 0 saturated heterocycles. The summed E-state index contributed by atoms with van der Waals surface area (Å²) in [6, 6.07) is 10.9. The molecule has 4 heteroatoms. The van der Waals surface area contributed by atoms with Crippen molar-refractivity contribution in [2.45, 2.75) is 25.9 Å². The van der Waals surface area contributed by atoms with Gasteiger partial charge in [0.15, 0.2) is 0 Å². The van der Waals surface area contributed by atoms with Crippen LogP contribution in [0.25, 0.3) is 0 Å². The minimum Gasteiger partial charge on any atom is -0.488 e. The number of aryl methyl sites for hydroxylation is 2. The largest absolute Gasteiger partial charge is 0.488 e. The van der Waals surface area contributed by atoms with E-state index in [1.54, 1.807) is 12.1 Å². The van der Waals surface area contributed by atoms with Gasteiger partial charge in [-0.25, -0.2) is 4.79 Å². The summed E-state index contributed by atoms with van der Waals surface area (Å²) in [6.45, 7) is 0.341. The van der Waals surface area contributed by atoms with Gasteiger partial charge in [-0.05, 0) is 54.2 Å². The second kappa shape index (κ2) is 5.78. The number of benzene rings is 2. The molecule has 0 aromatic heterocycles. The molecule has 0 atom stereocenters. The normalized spacial score (nSPS) is 13.0. The summed E-state index contributed by atoms with van der Waals surface area (Å²) in [5, 5.41) is 9.62. The number of aromatic carboxylic acids is 1. The van der Waals surface area contributed by atoms with Crippen LogP contribution in [0, 0.1) is 0 Å². The van der Waals surface area contributed by atoms with Gasteiger partial charge in [0.1, 0.15) is 17.9 Å². The van der Waals surface area contributed by atoms with Gasteiger partial charge >= 0.3 is 5.97 Å². The Balaban J connectivity index is 1.78. The summed E-state index contributed by atoms with van der Waals surface area (Å²) in [5.41, 5.74) is 3.96. The second-order valence-electron chi connectivity index (χ2n) is 5.19. The number of carbonyl (C=O) groups is 1. The van der Waals surface area contributed by atoms with Crippen molar-refractivity contribution in [3.05, 3.63) is 63.7 Å². The van der Waals surface area contributed by atoms with E-state index < -0.39 is 5.97 Å². The zero-order valence-corrected chi connectivity index (χ0v) is 12.2. The number of rotatable bonds is 4. The third-order valence-corrected chi connectivity index (χ3v) is 3.97. The van der Waals surface area contributed by atoms with E-state index in [9.17, 15) is 4.79 Å². The maximum Gasteiger partial charge on any atom is 0.339 e. The van der Waals surface area contributed by atoms with Crippen molar-refractivity contribution in [1.82, 2.24) is 0 Å². The lowest BCUT2D eigenvalue weighted by molar-refractivity contribution is 0.0692. The average Bonchev–Trinajstić information content (AvgIpc) is 2.92. The van der Waals surface area contributed by atoms with Crippen molar-refractivity contribution < 1.29 is 14.6 Å². The summed E-state index contributed by atoms with van der Waals surface area (Å²) in [7, 11) is 0. The highest BCUT2D eigenvalue weighted by atomic mass is 35.5. The van der Waals surface area contributed by atoms with E-state index >= 15 is 0 Å². The lowest BCUT2D eigenvalue weighted by Crippen LogP contribution is -2.03. The van der Waals surface area contributed by atoms with Gasteiger partial charge in [0.2, 0.25) is 0 Å². The molecule has 0 bridgehead atoms. The Morgan fingerprint density at radius 3 is 2.76 bits per heavy atom. The van der Waals surface area contributed by atoms with Gasteiger partial charge in [0, 0.05) is 5.02 Å². The maximum atomic E-state index is 11.2. The minimum absolute atomic E-state index is 0.126. The van der Waals surface area contributed by atoms with Gasteiger partial charge in [-0.3, -0.25) is 0 Å². The minimum atomic E-state index is -1.02. The van der Waals surface area contributed by atoms with Crippen LogP contribution >= 0.6 is 11.6 Å². The third-order valence-electron chi connectivity index (χ3n) is 3.73. The number of carboxylic acids is 1. The fourth-order valence-corrected chi connectivity index (χ4v) is 2.83. The van der Waals surface area contributed by atoms with Crippen LogP contribution in [0.4, 0.5) is 0 Å². The van der Waals surface area contributed by atoms with E-state index in [-0.39, 0.29) is 5.56 Å². The Labute approximate surface area is 128 Å². The first kappa shape index (κ1) is 14.0. The van der Waals surface area contributed by atoms with E-state index in [2.05, 4.69) is 12.1 Å². The molecule has 2 aromatic rings. The lowest BCUT2D eigenvalue weighted by Gasteiger charge is -2.10. The number of hydrogen-bond acceptors (Lipinski definition) is 2. The van der Waals surface area contributed by atoms with E-state index in [0.29, 0.717) is 17.4 Å². The monoisotopic (exact) mass is 302 g/mol. The van der Waals surface area contributed by atoms with Crippen LogP contribution in [0.2, 0.25) is 5.02 Å². The average molecular weight is 303 g/mol. The highest BCUT2D eigenvalue weighted by Crippen LogP contribution is 2.26. The number of fused-ring (bicyclic) bond motifs is 1. The molecule has 0 heterocycles. The number of carboxylic acid groups (broad SMARTS) is 1. The molecule has 1 N–H and O–H groups in total. The summed E-state index contributed by atoms with van der Waals surface area (Å²) in [6.07, 6.45) is 3.46. The van der Waals surface area contributed by atoms with E-state index in [4.69, 9.17) is 21.4 Å². The van der Waals surface area contributed by atoms with Gasteiger partial charge in [0.05, 0.1) is 0 Å². The molecule has 0 radical (unpaired) electrons. The van der Waals surface area contributed by atoms with E-state index in [1.807, 2.05) is 6.07 Å². The van der Waals surface area contributed by atoms with Gasteiger partial charge in [-0.2, -0.15) is 0 Å². The van der Waals surface area contributed by atoms with Crippen molar-refractivity contribution in [2.24, 2.45) is 0 Å². The molecule has 108 valence electrons. The van der Waals surface area contributed by atoms with Crippen LogP contribution in [0.5, 0.6) is 5.75 Å². The Morgan fingerprint density at radius 2 is 1.95 bits per heavy atom. The summed E-state index contributed by atoms with van der Waals surface area (Å²) >= 11 is 5.91. The summed E-state index contributed by atoms with van der Waals surface area (Å²) in [4.78, 5) is 11.2. The molecule has 3 nitrogen and oxygen atoms in total. The maximum absolute atomic E-state index is 11.2. The zero-order chi connectivity index (χ0) is 14.8. The Bertz CT molecular complexity index is 694. The van der Waals surface area contributed by atoms with Crippen LogP contribution in [-0.2, 0) is 19.4 Å². The highest BCUT2D eigenvalue weighted by Gasteiger charge is 2.13. The quantitative estimate of drug-likeness (QED) is 0.924. The van der Waals surface area contributed by atoms with E-state index in [1.165, 1.54) is 23.6 Å². The first-order valence-corrected chi connectivity index (χ1v) is 7.27.